The number of ether oxygens (including phenoxy) is 1. The molecule has 0 aliphatic carbocycles. The van der Waals surface area contributed by atoms with E-state index in [9.17, 15) is 4.79 Å². The molecule has 0 bridgehead atoms. The third kappa shape index (κ3) is 6.46. The number of nitrogens with zero attached hydrogens (tertiary/aromatic N) is 1. The number of amides is 1. The van der Waals surface area contributed by atoms with Crippen molar-refractivity contribution in [3.05, 3.63) is 28.2 Å². The highest BCUT2D eigenvalue weighted by molar-refractivity contribution is 9.10. The van der Waals surface area contributed by atoms with Gasteiger partial charge in [0.25, 0.3) is 0 Å². The second kappa shape index (κ2) is 9.76. The van der Waals surface area contributed by atoms with Crippen molar-refractivity contribution in [2.45, 2.75) is 13.5 Å². The minimum atomic E-state index is 0.0252. The number of carbonyl (C=O) groups excluding carboxylic acids is 1. The molecule has 21 heavy (non-hydrogen) atoms. The second-order valence-corrected chi connectivity index (χ2v) is 5.62. The Labute approximate surface area is 135 Å². The predicted octanol–water partition coefficient (Wildman–Crippen LogP) is 1.76. The van der Waals surface area contributed by atoms with Crippen LogP contribution in [0.3, 0.4) is 0 Å². The number of benzene rings is 1. The van der Waals surface area contributed by atoms with Crippen molar-refractivity contribution >= 4 is 27.5 Å². The standard InChI is InChI=1S/C15H24BrN3O2/c1-4-18-15(20)11-19(2)14-6-5-12(9-13(14)16)10-17-7-8-21-3/h5-6,9,17H,4,7-8,10-11H2,1-3H3,(H,18,20). The Morgan fingerprint density at radius 3 is 2.81 bits per heavy atom. The van der Waals surface area contributed by atoms with E-state index in [1.54, 1.807) is 7.11 Å². The summed E-state index contributed by atoms with van der Waals surface area (Å²) in [7, 11) is 3.60. The average Bonchev–Trinajstić information content (AvgIpc) is 2.43. The van der Waals surface area contributed by atoms with Gasteiger partial charge in [0.05, 0.1) is 18.8 Å². The molecule has 1 rings (SSSR count). The van der Waals surface area contributed by atoms with Crippen LogP contribution < -0.4 is 15.5 Å². The highest BCUT2D eigenvalue weighted by Gasteiger charge is 2.10. The Morgan fingerprint density at radius 2 is 2.19 bits per heavy atom. The molecule has 0 atom stereocenters. The van der Waals surface area contributed by atoms with E-state index in [0.717, 1.165) is 23.2 Å². The van der Waals surface area contributed by atoms with E-state index in [0.29, 0.717) is 19.7 Å². The summed E-state index contributed by atoms with van der Waals surface area (Å²) in [5, 5.41) is 6.10. The summed E-state index contributed by atoms with van der Waals surface area (Å²) in [5.41, 5.74) is 2.19. The number of carbonyl (C=O) groups is 1. The van der Waals surface area contributed by atoms with Crippen molar-refractivity contribution in [2.24, 2.45) is 0 Å². The topological polar surface area (TPSA) is 53.6 Å². The van der Waals surface area contributed by atoms with Crippen molar-refractivity contribution in [1.82, 2.24) is 10.6 Å². The van der Waals surface area contributed by atoms with Gasteiger partial charge in [-0.15, -0.1) is 0 Å². The van der Waals surface area contributed by atoms with Gasteiger partial charge in [0, 0.05) is 38.3 Å². The number of anilines is 1. The number of likely N-dealkylation sites (N-methyl/N-ethyl adjacent to an activating group) is 2. The van der Waals surface area contributed by atoms with Gasteiger partial charge in [-0.05, 0) is 40.5 Å². The van der Waals surface area contributed by atoms with Crippen LogP contribution in [-0.4, -0.2) is 46.3 Å². The minimum absolute atomic E-state index is 0.0252. The molecule has 1 aromatic rings. The Hall–Kier alpha value is -1.11. The SMILES string of the molecule is CCNC(=O)CN(C)c1ccc(CNCCOC)cc1Br. The third-order valence-corrected chi connectivity index (χ3v) is 3.63. The van der Waals surface area contributed by atoms with E-state index in [2.05, 4.69) is 38.7 Å². The van der Waals surface area contributed by atoms with Crippen LogP contribution in [0.15, 0.2) is 22.7 Å². The van der Waals surface area contributed by atoms with E-state index in [-0.39, 0.29) is 5.91 Å². The van der Waals surface area contributed by atoms with Crippen LogP contribution in [0.1, 0.15) is 12.5 Å². The molecule has 1 aromatic carbocycles. The summed E-state index contributed by atoms with van der Waals surface area (Å²) < 4.78 is 5.98. The molecular weight excluding hydrogens is 334 g/mol. The fourth-order valence-electron chi connectivity index (χ4n) is 1.93. The first-order chi connectivity index (χ1) is 10.1. The van der Waals surface area contributed by atoms with Gasteiger partial charge in [0.1, 0.15) is 0 Å². The lowest BCUT2D eigenvalue weighted by Crippen LogP contribution is -2.35. The van der Waals surface area contributed by atoms with Gasteiger partial charge in [-0.25, -0.2) is 0 Å². The minimum Gasteiger partial charge on any atom is -0.383 e. The fourth-order valence-corrected chi connectivity index (χ4v) is 2.66. The van der Waals surface area contributed by atoms with E-state index in [1.165, 1.54) is 5.56 Å². The molecule has 0 heterocycles. The monoisotopic (exact) mass is 357 g/mol. The Morgan fingerprint density at radius 1 is 1.43 bits per heavy atom. The molecule has 2 N–H and O–H groups in total. The van der Waals surface area contributed by atoms with Crippen LogP contribution in [0.2, 0.25) is 0 Å². The van der Waals surface area contributed by atoms with Gasteiger partial charge >= 0.3 is 0 Å². The maximum Gasteiger partial charge on any atom is 0.239 e. The van der Waals surface area contributed by atoms with Gasteiger partial charge in [0.2, 0.25) is 5.91 Å². The molecule has 0 aromatic heterocycles. The number of hydrogen-bond donors (Lipinski definition) is 2. The molecular formula is C15H24BrN3O2. The summed E-state index contributed by atoms with van der Waals surface area (Å²) >= 11 is 3.57. The molecule has 1 amide bonds. The quantitative estimate of drug-likeness (QED) is 0.661. The zero-order valence-corrected chi connectivity index (χ0v) is 14.5. The summed E-state index contributed by atoms with van der Waals surface area (Å²) in [6.45, 7) is 5.24. The molecule has 0 saturated heterocycles. The van der Waals surface area contributed by atoms with Gasteiger partial charge in [0.15, 0.2) is 0 Å². The zero-order chi connectivity index (χ0) is 15.7. The highest BCUT2D eigenvalue weighted by atomic mass is 79.9. The van der Waals surface area contributed by atoms with E-state index in [1.807, 2.05) is 24.9 Å². The summed E-state index contributed by atoms with van der Waals surface area (Å²) in [6.07, 6.45) is 0. The summed E-state index contributed by atoms with van der Waals surface area (Å²) in [4.78, 5) is 13.5. The molecule has 0 aliphatic rings. The number of hydrogen-bond acceptors (Lipinski definition) is 4. The van der Waals surface area contributed by atoms with Crippen LogP contribution in [0.5, 0.6) is 0 Å². The first kappa shape index (κ1) is 17.9. The van der Waals surface area contributed by atoms with Crippen molar-refractivity contribution in [3.63, 3.8) is 0 Å². The van der Waals surface area contributed by atoms with E-state index >= 15 is 0 Å². The van der Waals surface area contributed by atoms with Crippen molar-refractivity contribution in [2.75, 3.05) is 45.3 Å². The first-order valence-corrected chi connectivity index (χ1v) is 7.83. The molecule has 0 radical (unpaired) electrons. The van der Waals surface area contributed by atoms with Gasteiger partial charge in [-0.2, -0.15) is 0 Å². The molecule has 6 heteroatoms. The maximum atomic E-state index is 11.6. The van der Waals surface area contributed by atoms with E-state index < -0.39 is 0 Å². The van der Waals surface area contributed by atoms with Crippen LogP contribution in [-0.2, 0) is 16.1 Å². The number of methoxy groups -OCH3 is 1. The summed E-state index contributed by atoms with van der Waals surface area (Å²) in [5.74, 6) is 0.0252. The van der Waals surface area contributed by atoms with Crippen LogP contribution >= 0.6 is 15.9 Å². The number of rotatable bonds is 9. The predicted molar refractivity (Wildman–Crippen MR) is 89.7 cm³/mol. The largest absolute Gasteiger partial charge is 0.383 e. The molecule has 0 saturated carbocycles. The maximum absolute atomic E-state index is 11.6. The first-order valence-electron chi connectivity index (χ1n) is 7.04. The van der Waals surface area contributed by atoms with Crippen molar-refractivity contribution in [3.8, 4) is 0 Å². The van der Waals surface area contributed by atoms with E-state index in [4.69, 9.17) is 4.74 Å². The molecule has 0 aliphatic heterocycles. The molecule has 0 spiro atoms. The Kier molecular flexibility index (Phi) is 8.34. The van der Waals surface area contributed by atoms with Gasteiger partial charge < -0.3 is 20.3 Å². The Bertz CT molecular complexity index is 455. The number of halogens is 1. The lowest BCUT2D eigenvalue weighted by atomic mass is 10.2. The fraction of sp³-hybridized carbons (Fsp3) is 0.533. The zero-order valence-electron chi connectivity index (χ0n) is 12.9. The molecule has 5 nitrogen and oxygen atoms in total. The lowest BCUT2D eigenvalue weighted by molar-refractivity contribution is -0.119. The second-order valence-electron chi connectivity index (χ2n) is 4.76. The van der Waals surface area contributed by atoms with Crippen molar-refractivity contribution in [1.29, 1.82) is 0 Å². The smallest absolute Gasteiger partial charge is 0.239 e. The molecule has 118 valence electrons. The normalized spacial score (nSPS) is 10.5. The van der Waals surface area contributed by atoms with Crippen LogP contribution in [0.25, 0.3) is 0 Å². The third-order valence-electron chi connectivity index (χ3n) is 2.99. The Balaban J connectivity index is 2.58. The molecule has 0 fully saturated rings. The lowest BCUT2D eigenvalue weighted by Gasteiger charge is -2.20. The molecule has 0 unspecified atom stereocenters. The summed E-state index contributed by atoms with van der Waals surface area (Å²) in [6, 6.07) is 6.16. The van der Waals surface area contributed by atoms with Crippen molar-refractivity contribution < 1.29 is 9.53 Å². The highest BCUT2D eigenvalue weighted by Crippen LogP contribution is 2.26. The van der Waals surface area contributed by atoms with Gasteiger partial charge in [-0.1, -0.05) is 6.07 Å². The van der Waals surface area contributed by atoms with Crippen LogP contribution in [0.4, 0.5) is 5.69 Å². The van der Waals surface area contributed by atoms with Crippen LogP contribution in [0, 0.1) is 0 Å². The number of nitrogens with one attached hydrogen (secondary N) is 2. The van der Waals surface area contributed by atoms with Gasteiger partial charge in [-0.3, -0.25) is 4.79 Å². The average molecular weight is 358 g/mol.